The zero-order chi connectivity index (χ0) is 12.5. The molecule has 1 heterocycles. The van der Waals surface area contributed by atoms with E-state index in [1.54, 1.807) is 0 Å². The molecule has 1 saturated heterocycles. The second-order valence-corrected chi connectivity index (χ2v) is 4.97. The van der Waals surface area contributed by atoms with Crippen LogP contribution >= 0.6 is 0 Å². The number of amides is 1. The third-order valence-electron chi connectivity index (χ3n) is 3.59. The fourth-order valence-electron chi connectivity index (χ4n) is 2.69. The summed E-state index contributed by atoms with van der Waals surface area (Å²) in [5, 5.41) is 5.84. The lowest BCUT2D eigenvalue weighted by Crippen LogP contribution is -2.44. The molecule has 17 heavy (non-hydrogen) atoms. The first-order valence-electron chi connectivity index (χ1n) is 6.04. The van der Waals surface area contributed by atoms with E-state index in [-0.39, 0.29) is 30.8 Å². The number of halogens is 3. The highest BCUT2D eigenvalue weighted by atomic mass is 19.4. The van der Waals surface area contributed by atoms with Crippen molar-refractivity contribution in [3.63, 3.8) is 0 Å². The van der Waals surface area contributed by atoms with Crippen molar-refractivity contribution in [2.45, 2.75) is 50.4 Å². The molecule has 2 N–H and O–H groups in total. The van der Waals surface area contributed by atoms with Gasteiger partial charge in [0.05, 0.1) is 5.92 Å². The summed E-state index contributed by atoms with van der Waals surface area (Å²) in [7, 11) is 0. The number of rotatable bonds is 2. The molecule has 1 saturated carbocycles. The number of nitrogens with one attached hydrogen (secondary N) is 2. The van der Waals surface area contributed by atoms with Crippen molar-refractivity contribution in [2.24, 2.45) is 5.92 Å². The van der Waals surface area contributed by atoms with Crippen molar-refractivity contribution < 1.29 is 18.0 Å². The van der Waals surface area contributed by atoms with Gasteiger partial charge in [-0.15, -0.1) is 0 Å². The number of hydrogen-bond acceptors (Lipinski definition) is 2. The quantitative estimate of drug-likeness (QED) is 0.781. The Balaban J connectivity index is 1.83. The standard InChI is InChI=1S/C11H17F3N2O/c12-11(13,14)7-2-1-3-8(4-7)16-9-5-10(17)15-6-9/h7-9,16H,1-6H2,(H,15,17). The molecular weight excluding hydrogens is 233 g/mol. The molecule has 0 aromatic carbocycles. The second-order valence-electron chi connectivity index (χ2n) is 4.97. The fourth-order valence-corrected chi connectivity index (χ4v) is 2.69. The Morgan fingerprint density at radius 1 is 1.24 bits per heavy atom. The molecule has 2 fully saturated rings. The van der Waals surface area contributed by atoms with Gasteiger partial charge in [-0.25, -0.2) is 0 Å². The van der Waals surface area contributed by atoms with Crippen LogP contribution in [0.1, 0.15) is 32.1 Å². The van der Waals surface area contributed by atoms with Gasteiger partial charge >= 0.3 is 6.18 Å². The van der Waals surface area contributed by atoms with Crippen LogP contribution in [0.25, 0.3) is 0 Å². The SMILES string of the molecule is O=C1CC(NC2CCCC(C(F)(F)F)C2)CN1. The van der Waals surface area contributed by atoms with Gasteiger partial charge in [-0.05, 0) is 19.3 Å². The molecule has 0 radical (unpaired) electrons. The first-order chi connectivity index (χ1) is 7.95. The summed E-state index contributed by atoms with van der Waals surface area (Å²) in [4.78, 5) is 11.0. The molecule has 0 aromatic rings. The van der Waals surface area contributed by atoms with Crippen LogP contribution in [0, 0.1) is 5.92 Å². The van der Waals surface area contributed by atoms with Crippen molar-refractivity contribution >= 4 is 5.91 Å². The van der Waals surface area contributed by atoms with Crippen LogP contribution in [0.15, 0.2) is 0 Å². The zero-order valence-corrected chi connectivity index (χ0v) is 9.52. The summed E-state index contributed by atoms with van der Waals surface area (Å²) >= 11 is 0. The zero-order valence-electron chi connectivity index (χ0n) is 9.52. The predicted octanol–water partition coefficient (Wildman–Crippen LogP) is 1.59. The number of carbonyl (C=O) groups excluding carboxylic acids is 1. The van der Waals surface area contributed by atoms with Crippen LogP contribution in [0.5, 0.6) is 0 Å². The van der Waals surface area contributed by atoms with Crippen molar-refractivity contribution in [2.75, 3.05) is 6.54 Å². The minimum absolute atomic E-state index is 0.000478. The Labute approximate surface area is 98.1 Å². The van der Waals surface area contributed by atoms with Crippen LogP contribution in [-0.2, 0) is 4.79 Å². The van der Waals surface area contributed by atoms with Crippen LogP contribution in [0.2, 0.25) is 0 Å². The van der Waals surface area contributed by atoms with E-state index in [9.17, 15) is 18.0 Å². The molecule has 0 bridgehead atoms. The maximum atomic E-state index is 12.6. The van der Waals surface area contributed by atoms with Gasteiger partial charge in [0.15, 0.2) is 0 Å². The number of hydrogen-bond donors (Lipinski definition) is 2. The van der Waals surface area contributed by atoms with Crippen LogP contribution in [-0.4, -0.2) is 30.7 Å². The first kappa shape index (κ1) is 12.7. The molecule has 0 aromatic heterocycles. The summed E-state index contributed by atoms with van der Waals surface area (Å²) in [6, 6.07) is -0.104. The highest BCUT2D eigenvalue weighted by Gasteiger charge is 2.42. The molecule has 0 spiro atoms. The van der Waals surface area contributed by atoms with Gasteiger partial charge in [0.1, 0.15) is 0 Å². The van der Waals surface area contributed by atoms with Gasteiger partial charge in [0.2, 0.25) is 5.91 Å². The Morgan fingerprint density at radius 2 is 2.00 bits per heavy atom. The van der Waals surface area contributed by atoms with Crippen molar-refractivity contribution in [1.29, 1.82) is 0 Å². The second kappa shape index (κ2) is 4.84. The van der Waals surface area contributed by atoms with E-state index in [4.69, 9.17) is 0 Å². The molecule has 98 valence electrons. The summed E-state index contributed by atoms with van der Waals surface area (Å²) in [6.45, 7) is 0.534. The van der Waals surface area contributed by atoms with Gasteiger partial charge in [-0.2, -0.15) is 13.2 Å². The third kappa shape index (κ3) is 3.34. The summed E-state index contributed by atoms with van der Waals surface area (Å²) in [5.74, 6) is -1.20. The van der Waals surface area contributed by atoms with Crippen molar-refractivity contribution in [1.82, 2.24) is 10.6 Å². The molecule has 3 nitrogen and oxygen atoms in total. The molecule has 1 aliphatic heterocycles. The predicted molar refractivity (Wildman–Crippen MR) is 56.4 cm³/mol. The lowest BCUT2D eigenvalue weighted by Gasteiger charge is -2.32. The number of alkyl halides is 3. The Kier molecular flexibility index (Phi) is 3.61. The van der Waals surface area contributed by atoms with Gasteiger partial charge in [0.25, 0.3) is 0 Å². The van der Waals surface area contributed by atoms with Gasteiger partial charge in [0, 0.05) is 25.0 Å². The Hall–Kier alpha value is -0.780. The van der Waals surface area contributed by atoms with E-state index >= 15 is 0 Å². The van der Waals surface area contributed by atoms with Crippen molar-refractivity contribution in [3.05, 3.63) is 0 Å². The minimum Gasteiger partial charge on any atom is -0.354 e. The van der Waals surface area contributed by atoms with Crippen LogP contribution in [0.4, 0.5) is 13.2 Å². The average Bonchev–Trinajstić information content (AvgIpc) is 2.63. The van der Waals surface area contributed by atoms with E-state index in [1.165, 1.54) is 0 Å². The third-order valence-corrected chi connectivity index (χ3v) is 3.59. The van der Waals surface area contributed by atoms with E-state index in [0.717, 1.165) is 6.42 Å². The normalized spacial score (nSPS) is 34.8. The fraction of sp³-hybridized carbons (Fsp3) is 0.909. The Bertz CT molecular complexity index is 293. The van der Waals surface area contributed by atoms with Crippen LogP contribution in [0.3, 0.4) is 0 Å². The van der Waals surface area contributed by atoms with E-state index in [2.05, 4.69) is 10.6 Å². The van der Waals surface area contributed by atoms with E-state index in [1.807, 2.05) is 0 Å². The van der Waals surface area contributed by atoms with E-state index in [0.29, 0.717) is 19.4 Å². The highest BCUT2D eigenvalue weighted by molar-refractivity contribution is 5.78. The van der Waals surface area contributed by atoms with Gasteiger partial charge < -0.3 is 10.6 Å². The monoisotopic (exact) mass is 250 g/mol. The highest BCUT2D eigenvalue weighted by Crippen LogP contribution is 2.37. The summed E-state index contributed by atoms with van der Waals surface area (Å²) < 4.78 is 37.8. The summed E-state index contributed by atoms with van der Waals surface area (Å²) in [6.07, 6.45) is -1.93. The largest absolute Gasteiger partial charge is 0.391 e. The van der Waals surface area contributed by atoms with Gasteiger partial charge in [-0.1, -0.05) is 6.42 Å². The maximum Gasteiger partial charge on any atom is 0.391 e. The topological polar surface area (TPSA) is 41.1 Å². The molecule has 1 amide bonds. The molecule has 3 unspecified atom stereocenters. The molecule has 1 aliphatic carbocycles. The Morgan fingerprint density at radius 3 is 2.59 bits per heavy atom. The van der Waals surface area contributed by atoms with E-state index < -0.39 is 12.1 Å². The minimum atomic E-state index is -4.08. The summed E-state index contributed by atoms with van der Waals surface area (Å²) in [5.41, 5.74) is 0. The van der Waals surface area contributed by atoms with Crippen molar-refractivity contribution in [3.8, 4) is 0 Å². The maximum absolute atomic E-state index is 12.6. The molecule has 2 aliphatic rings. The first-order valence-corrected chi connectivity index (χ1v) is 6.04. The van der Waals surface area contributed by atoms with Crippen LogP contribution < -0.4 is 10.6 Å². The lowest BCUT2D eigenvalue weighted by molar-refractivity contribution is -0.183. The van der Waals surface area contributed by atoms with Gasteiger partial charge in [-0.3, -0.25) is 4.79 Å². The molecular formula is C11H17F3N2O. The average molecular weight is 250 g/mol. The smallest absolute Gasteiger partial charge is 0.354 e. The molecule has 2 rings (SSSR count). The molecule has 6 heteroatoms. The lowest BCUT2D eigenvalue weighted by atomic mass is 9.85. The molecule has 3 atom stereocenters. The number of carbonyl (C=O) groups is 1.